The van der Waals surface area contributed by atoms with Crippen molar-refractivity contribution in [2.45, 2.75) is 51.5 Å². The van der Waals surface area contributed by atoms with Gasteiger partial charge in [-0.1, -0.05) is 62.4 Å². The molecule has 0 bridgehead atoms. The lowest BCUT2D eigenvalue weighted by Gasteiger charge is -2.35. The van der Waals surface area contributed by atoms with Crippen LogP contribution in [0.2, 0.25) is 0 Å². The largest absolute Gasteiger partial charge is 0.481 e. The van der Waals surface area contributed by atoms with E-state index in [1.165, 1.54) is 11.1 Å². The topological polar surface area (TPSA) is 105 Å². The van der Waals surface area contributed by atoms with Gasteiger partial charge in [0.1, 0.15) is 6.61 Å². The van der Waals surface area contributed by atoms with E-state index in [0.717, 1.165) is 11.1 Å². The van der Waals surface area contributed by atoms with Gasteiger partial charge < -0.3 is 20.5 Å². The molecule has 2 amide bonds. The summed E-state index contributed by atoms with van der Waals surface area (Å²) in [4.78, 5) is 35.6. The molecule has 0 unspecified atom stereocenters. The number of alkyl carbamates (subject to hydrolysis) is 1. The van der Waals surface area contributed by atoms with Gasteiger partial charge in [-0.2, -0.15) is 0 Å². The molecule has 7 heteroatoms. The minimum atomic E-state index is -0.796. The Morgan fingerprint density at radius 2 is 1.59 bits per heavy atom. The minimum absolute atomic E-state index is 0.00404. The number of nitrogens with one attached hydrogen (secondary N) is 2. The summed E-state index contributed by atoms with van der Waals surface area (Å²) in [6, 6.07) is 16.4. The smallest absolute Gasteiger partial charge is 0.407 e. The predicted octanol–water partition coefficient (Wildman–Crippen LogP) is 4.31. The molecule has 0 aliphatic heterocycles. The third-order valence-corrected chi connectivity index (χ3v) is 6.76. The standard InChI is InChI=1S/C27H32N2O5/c1-27(2,14-24(30)29-18-11-17(12-18)13-25(31)32)16-28-26(33)34-15-23-21-9-5-3-7-19(21)20-8-4-6-10-22(20)23/h3-10,17-18,23H,11-16H2,1-2H3,(H,28,33)(H,29,30)(H,31,32). The van der Waals surface area contributed by atoms with Crippen molar-refractivity contribution in [3.05, 3.63) is 59.7 Å². The van der Waals surface area contributed by atoms with E-state index in [1.807, 2.05) is 38.1 Å². The summed E-state index contributed by atoms with van der Waals surface area (Å²) in [5.74, 6) is -0.733. The number of carbonyl (C=O) groups is 3. The van der Waals surface area contributed by atoms with Crippen LogP contribution in [0.5, 0.6) is 0 Å². The Bertz CT molecular complexity index is 1030. The van der Waals surface area contributed by atoms with Gasteiger partial charge in [-0.15, -0.1) is 0 Å². The summed E-state index contributed by atoms with van der Waals surface area (Å²) < 4.78 is 5.58. The third kappa shape index (κ3) is 5.58. The van der Waals surface area contributed by atoms with Crippen LogP contribution in [0.25, 0.3) is 11.1 Å². The van der Waals surface area contributed by atoms with Gasteiger partial charge in [0.25, 0.3) is 0 Å². The maximum absolute atomic E-state index is 12.4. The number of carboxylic acids is 1. The van der Waals surface area contributed by atoms with Crippen LogP contribution in [-0.2, 0) is 14.3 Å². The second kappa shape index (κ2) is 9.87. The first-order valence-corrected chi connectivity index (χ1v) is 11.8. The van der Waals surface area contributed by atoms with E-state index in [9.17, 15) is 14.4 Å². The van der Waals surface area contributed by atoms with Gasteiger partial charge in [0, 0.05) is 31.3 Å². The number of rotatable bonds is 9. The van der Waals surface area contributed by atoms with E-state index in [0.29, 0.717) is 19.4 Å². The monoisotopic (exact) mass is 464 g/mol. The molecule has 1 saturated carbocycles. The van der Waals surface area contributed by atoms with Crippen molar-refractivity contribution in [3.8, 4) is 11.1 Å². The third-order valence-electron chi connectivity index (χ3n) is 6.76. The lowest BCUT2D eigenvalue weighted by molar-refractivity contribution is -0.139. The fourth-order valence-corrected chi connectivity index (χ4v) is 5.00. The first-order chi connectivity index (χ1) is 16.2. The second-order valence-electron chi connectivity index (χ2n) is 10.2. The zero-order chi connectivity index (χ0) is 24.3. The van der Waals surface area contributed by atoms with Gasteiger partial charge in [-0.05, 0) is 46.4 Å². The summed E-state index contributed by atoms with van der Waals surface area (Å²) in [7, 11) is 0. The minimum Gasteiger partial charge on any atom is -0.481 e. The van der Waals surface area contributed by atoms with Crippen molar-refractivity contribution in [3.63, 3.8) is 0 Å². The van der Waals surface area contributed by atoms with E-state index in [4.69, 9.17) is 9.84 Å². The van der Waals surface area contributed by atoms with E-state index >= 15 is 0 Å². The van der Waals surface area contributed by atoms with Crippen LogP contribution in [0.1, 0.15) is 56.6 Å². The highest BCUT2D eigenvalue weighted by Crippen LogP contribution is 2.44. The quantitative estimate of drug-likeness (QED) is 0.513. The molecule has 2 aliphatic rings. The van der Waals surface area contributed by atoms with Crippen LogP contribution in [0.15, 0.2) is 48.5 Å². The fraction of sp³-hybridized carbons (Fsp3) is 0.444. The summed E-state index contributed by atoms with van der Waals surface area (Å²) in [5.41, 5.74) is 4.24. The highest BCUT2D eigenvalue weighted by Gasteiger charge is 2.33. The summed E-state index contributed by atoms with van der Waals surface area (Å²) in [6.07, 6.45) is 1.33. The number of ether oxygens (including phenoxy) is 1. The molecule has 2 aromatic rings. The zero-order valence-corrected chi connectivity index (χ0v) is 19.7. The average Bonchev–Trinajstić information content (AvgIpc) is 3.08. The number of aliphatic carboxylic acids is 1. The highest BCUT2D eigenvalue weighted by molar-refractivity contribution is 5.79. The van der Waals surface area contributed by atoms with Crippen LogP contribution in [-0.4, -0.2) is 42.3 Å². The molecule has 34 heavy (non-hydrogen) atoms. The Hall–Kier alpha value is -3.35. The maximum Gasteiger partial charge on any atom is 0.407 e. The summed E-state index contributed by atoms with van der Waals surface area (Å²) in [5, 5.41) is 14.6. The van der Waals surface area contributed by atoms with Crippen LogP contribution in [0, 0.1) is 11.3 Å². The van der Waals surface area contributed by atoms with Crippen LogP contribution < -0.4 is 10.6 Å². The lowest BCUT2D eigenvalue weighted by atomic mass is 9.78. The molecular formula is C27H32N2O5. The highest BCUT2D eigenvalue weighted by atomic mass is 16.5. The number of fused-ring (bicyclic) bond motifs is 3. The molecular weight excluding hydrogens is 432 g/mol. The van der Waals surface area contributed by atoms with Crippen LogP contribution >= 0.6 is 0 Å². The normalized spacial score (nSPS) is 18.9. The molecule has 4 rings (SSSR count). The lowest BCUT2D eigenvalue weighted by Crippen LogP contribution is -2.46. The molecule has 3 N–H and O–H groups in total. The molecule has 0 heterocycles. The van der Waals surface area contributed by atoms with Gasteiger partial charge in [0.15, 0.2) is 0 Å². The molecule has 180 valence electrons. The van der Waals surface area contributed by atoms with Crippen molar-refractivity contribution in [2.75, 3.05) is 13.2 Å². The van der Waals surface area contributed by atoms with Gasteiger partial charge in [0.2, 0.25) is 5.91 Å². The Labute approximate surface area is 199 Å². The van der Waals surface area contributed by atoms with E-state index in [-0.39, 0.29) is 43.2 Å². The maximum atomic E-state index is 12.4. The Kier molecular flexibility index (Phi) is 6.91. The van der Waals surface area contributed by atoms with Gasteiger partial charge in [-0.25, -0.2) is 4.79 Å². The number of carboxylic acid groups (broad SMARTS) is 1. The predicted molar refractivity (Wildman–Crippen MR) is 128 cm³/mol. The van der Waals surface area contributed by atoms with Crippen molar-refractivity contribution in [1.82, 2.24) is 10.6 Å². The zero-order valence-electron chi connectivity index (χ0n) is 19.7. The Morgan fingerprint density at radius 3 is 2.18 bits per heavy atom. The van der Waals surface area contributed by atoms with Crippen molar-refractivity contribution in [1.29, 1.82) is 0 Å². The molecule has 0 radical (unpaired) electrons. The molecule has 0 saturated heterocycles. The SMILES string of the molecule is CC(C)(CNC(=O)OCC1c2ccccc2-c2ccccc21)CC(=O)NC1CC(CC(=O)O)C1. The first-order valence-electron chi connectivity index (χ1n) is 11.8. The number of hydrogen-bond donors (Lipinski definition) is 3. The van der Waals surface area contributed by atoms with Gasteiger partial charge in [0.05, 0.1) is 0 Å². The summed E-state index contributed by atoms with van der Waals surface area (Å²) in [6.45, 7) is 4.40. The van der Waals surface area contributed by atoms with Gasteiger partial charge >= 0.3 is 12.1 Å². The van der Waals surface area contributed by atoms with Crippen molar-refractivity contribution >= 4 is 18.0 Å². The van der Waals surface area contributed by atoms with E-state index in [2.05, 4.69) is 34.9 Å². The van der Waals surface area contributed by atoms with E-state index < -0.39 is 17.5 Å². The average molecular weight is 465 g/mol. The Balaban J connectivity index is 1.22. The molecule has 1 fully saturated rings. The van der Waals surface area contributed by atoms with Crippen molar-refractivity contribution in [2.24, 2.45) is 11.3 Å². The molecule has 2 aromatic carbocycles. The number of amides is 2. The van der Waals surface area contributed by atoms with E-state index in [1.54, 1.807) is 0 Å². The van der Waals surface area contributed by atoms with Crippen LogP contribution in [0.3, 0.4) is 0 Å². The Morgan fingerprint density at radius 1 is 1.00 bits per heavy atom. The van der Waals surface area contributed by atoms with Crippen molar-refractivity contribution < 1.29 is 24.2 Å². The molecule has 0 atom stereocenters. The van der Waals surface area contributed by atoms with Gasteiger partial charge in [-0.3, -0.25) is 9.59 Å². The first kappa shape index (κ1) is 23.8. The molecule has 0 aromatic heterocycles. The molecule has 7 nitrogen and oxygen atoms in total. The van der Waals surface area contributed by atoms with Crippen LogP contribution in [0.4, 0.5) is 4.79 Å². The molecule has 2 aliphatic carbocycles. The summed E-state index contributed by atoms with van der Waals surface area (Å²) >= 11 is 0. The number of carbonyl (C=O) groups excluding carboxylic acids is 2. The number of benzene rings is 2. The number of hydrogen-bond acceptors (Lipinski definition) is 4. The second-order valence-corrected chi connectivity index (χ2v) is 10.2. The molecule has 0 spiro atoms. The fourth-order valence-electron chi connectivity index (χ4n) is 5.00.